The van der Waals surface area contributed by atoms with Gasteiger partial charge in [-0.2, -0.15) is 0 Å². The van der Waals surface area contributed by atoms with Crippen LogP contribution in [0.1, 0.15) is 42.9 Å². The Morgan fingerprint density at radius 1 is 0.867 bits per heavy atom. The summed E-state index contributed by atoms with van der Waals surface area (Å²) in [5.41, 5.74) is 8.50. The molecule has 0 fully saturated rings. The monoisotopic (exact) mass is 411 g/mol. The van der Waals surface area contributed by atoms with Gasteiger partial charge in [-0.1, -0.05) is 36.8 Å². The van der Waals surface area contributed by atoms with Crippen molar-refractivity contribution in [1.29, 1.82) is 0 Å². The van der Waals surface area contributed by atoms with E-state index in [4.69, 9.17) is 4.74 Å². The number of rotatable bonds is 8. The number of hydrazine groups is 1. The minimum Gasteiger partial charge on any atom is -0.481 e. The van der Waals surface area contributed by atoms with Crippen LogP contribution in [-0.4, -0.2) is 23.8 Å². The highest BCUT2D eigenvalue weighted by Crippen LogP contribution is 2.17. The maximum Gasteiger partial charge on any atom is 0.279 e. The van der Waals surface area contributed by atoms with Crippen LogP contribution in [0.2, 0.25) is 0 Å². The molecule has 0 heterocycles. The fourth-order valence-electron chi connectivity index (χ4n) is 2.69. The largest absolute Gasteiger partial charge is 0.481 e. The molecule has 2 rings (SSSR count). The molecule has 7 nitrogen and oxygen atoms in total. The van der Waals surface area contributed by atoms with Crippen LogP contribution in [0.15, 0.2) is 42.5 Å². The Labute approximate surface area is 177 Å². The molecule has 0 saturated carbocycles. The first-order chi connectivity index (χ1) is 14.3. The Morgan fingerprint density at radius 3 is 2.17 bits per heavy atom. The zero-order valence-corrected chi connectivity index (χ0v) is 17.9. The zero-order valence-electron chi connectivity index (χ0n) is 17.9. The summed E-state index contributed by atoms with van der Waals surface area (Å²) < 4.78 is 5.67. The van der Waals surface area contributed by atoms with Crippen LogP contribution >= 0.6 is 0 Å². The van der Waals surface area contributed by atoms with Crippen LogP contribution in [0.3, 0.4) is 0 Å². The van der Waals surface area contributed by atoms with E-state index in [1.807, 2.05) is 58.0 Å². The fraction of sp³-hybridized carbons (Fsp3) is 0.348. The Bertz CT molecular complexity index is 894. The Balaban J connectivity index is 1.75. The van der Waals surface area contributed by atoms with Crippen molar-refractivity contribution >= 4 is 23.4 Å². The molecule has 160 valence electrons. The molecule has 0 aliphatic carbocycles. The van der Waals surface area contributed by atoms with Crippen LogP contribution in [0.5, 0.6) is 5.75 Å². The molecule has 3 N–H and O–H groups in total. The smallest absolute Gasteiger partial charge is 0.279 e. The zero-order chi connectivity index (χ0) is 22.1. The minimum absolute atomic E-state index is 0.00611. The Hall–Kier alpha value is -3.35. The summed E-state index contributed by atoms with van der Waals surface area (Å²) in [6.07, 6.45) is -0.340. The van der Waals surface area contributed by atoms with E-state index in [1.54, 1.807) is 12.1 Å². The molecule has 1 atom stereocenters. The van der Waals surface area contributed by atoms with Crippen LogP contribution in [0.25, 0.3) is 0 Å². The van der Waals surface area contributed by atoms with Gasteiger partial charge >= 0.3 is 0 Å². The first-order valence-corrected chi connectivity index (χ1v) is 9.97. The lowest BCUT2D eigenvalue weighted by Gasteiger charge is -2.17. The summed E-state index contributed by atoms with van der Waals surface area (Å²) in [4.78, 5) is 36.4. The van der Waals surface area contributed by atoms with E-state index in [1.165, 1.54) is 0 Å². The number of carbonyl (C=O) groups excluding carboxylic acids is 3. The highest BCUT2D eigenvalue weighted by Gasteiger charge is 2.19. The van der Waals surface area contributed by atoms with Crippen LogP contribution in [-0.2, 0) is 14.4 Å². The highest BCUT2D eigenvalue weighted by atomic mass is 16.5. The van der Waals surface area contributed by atoms with Gasteiger partial charge in [-0.3, -0.25) is 25.2 Å². The van der Waals surface area contributed by atoms with E-state index in [9.17, 15) is 14.4 Å². The highest BCUT2D eigenvalue weighted by molar-refractivity contribution is 5.94. The van der Waals surface area contributed by atoms with E-state index < -0.39 is 17.9 Å². The molecule has 7 heteroatoms. The lowest BCUT2D eigenvalue weighted by molar-refractivity contribution is -0.133. The summed E-state index contributed by atoms with van der Waals surface area (Å²) in [6.45, 7) is 7.63. The second-order valence-corrected chi connectivity index (χ2v) is 7.23. The molecule has 2 aromatic rings. The first-order valence-electron chi connectivity index (χ1n) is 9.97. The second kappa shape index (κ2) is 11.0. The fourth-order valence-corrected chi connectivity index (χ4v) is 2.69. The maximum atomic E-state index is 12.3. The van der Waals surface area contributed by atoms with Crippen molar-refractivity contribution in [2.24, 2.45) is 0 Å². The number of anilines is 1. The van der Waals surface area contributed by atoms with Gasteiger partial charge in [0, 0.05) is 18.5 Å². The predicted octanol–water partition coefficient (Wildman–Crippen LogP) is 3.34. The quantitative estimate of drug-likeness (QED) is 0.581. The van der Waals surface area contributed by atoms with Gasteiger partial charge in [-0.15, -0.1) is 0 Å². The molecule has 0 radical (unpaired) electrons. The van der Waals surface area contributed by atoms with Gasteiger partial charge in [0.1, 0.15) is 5.75 Å². The summed E-state index contributed by atoms with van der Waals surface area (Å²) in [5, 5.41) is 2.80. The normalized spacial score (nSPS) is 11.3. The lowest BCUT2D eigenvalue weighted by atomic mass is 10.1. The average molecular weight is 412 g/mol. The van der Waals surface area contributed by atoms with Crippen LogP contribution < -0.4 is 20.9 Å². The summed E-state index contributed by atoms with van der Waals surface area (Å²) in [5.74, 6) is -0.590. The lowest BCUT2D eigenvalue weighted by Crippen LogP contribution is -2.48. The van der Waals surface area contributed by atoms with Crippen molar-refractivity contribution in [3.8, 4) is 5.75 Å². The number of ether oxygens (including phenoxy) is 1. The van der Waals surface area contributed by atoms with Gasteiger partial charge in [0.05, 0.1) is 0 Å². The number of nitrogens with one attached hydrogen (secondary N) is 3. The van der Waals surface area contributed by atoms with Crippen molar-refractivity contribution in [2.45, 2.75) is 53.1 Å². The number of benzene rings is 2. The second-order valence-electron chi connectivity index (χ2n) is 7.23. The third kappa shape index (κ3) is 7.24. The van der Waals surface area contributed by atoms with Crippen LogP contribution in [0, 0.1) is 20.8 Å². The summed E-state index contributed by atoms with van der Waals surface area (Å²) >= 11 is 0. The summed E-state index contributed by atoms with van der Waals surface area (Å²) in [7, 11) is 0. The van der Waals surface area contributed by atoms with E-state index in [2.05, 4.69) is 16.2 Å². The van der Waals surface area contributed by atoms with Crippen molar-refractivity contribution in [3.05, 3.63) is 59.2 Å². The number of aryl methyl sites for hydroxylation is 3. The maximum absolute atomic E-state index is 12.3. The topological polar surface area (TPSA) is 96.5 Å². The molecule has 0 aromatic heterocycles. The Kier molecular flexibility index (Phi) is 8.41. The molecule has 0 bridgehead atoms. The number of carbonyl (C=O) groups is 3. The predicted molar refractivity (Wildman–Crippen MR) is 116 cm³/mol. The van der Waals surface area contributed by atoms with Gasteiger partial charge in [-0.05, 0) is 56.5 Å². The first kappa shape index (κ1) is 22.9. The molecule has 30 heavy (non-hydrogen) atoms. The van der Waals surface area contributed by atoms with Gasteiger partial charge < -0.3 is 10.1 Å². The SMILES string of the molecule is CC[C@H](Oc1ccc(C)cc1)C(=O)NNC(=O)CCC(=O)Nc1cc(C)ccc1C. The van der Waals surface area contributed by atoms with Gasteiger partial charge in [0.2, 0.25) is 11.8 Å². The third-order valence-electron chi connectivity index (χ3n) is 4.53. The van der Waals surface area contributed by atoms with Gasteiger partial charge in [-0.25, -0.2) is 0 Å². The molecule has 0 unspecified atom stereocenters. The van der Waals surface area contributed by atoms with E-state index in [0.29, 0.717) is 12.2 Å². The van der Waals surface area contributed by atoms with Gasteiger partial charge in [0.15, 0.2) is 6.10 Å². The van der Waals surface area contributed by atoms with Crippen molar-refractivity contribution in [2.75, 3.05) is 5.32 Å². The standard InChI is InChI=1S/C23H29N3O4/c1-5-20(30-18-10-7-15(2)8-11-18)23(29)26-25-22(28)13-12-21(27)24-19-14-16(3)6-9-17(19)4/h6-11,14,20H,5,12-13H2,1-4H3,(H,24,27)(H,25,28)(H,26,29)/t20-/m0/s1. The minimum atomic E-state index is -0.736. The van der Waals surface area contributed by atoms with E-state index in [0.717, 1.165) is 22.4 Å². The molecule has 0 spiro atoms. The molecule has 0 aliphatic rings. The van der Waals surface area contributed by atoms with E-state index in [-0.39, 0.29) is 18.7 Å². The number of amides is 3. The number of hydrogen-bond donors (Lipinski definition) is 3. The molecule has 3 amide bonds. The van der Waals surface area contributed by atoms with Crippen molar-refractivity contribution in [1.82, 2.24) is 10.9 Å². The van der Waals surface area contributed by atoms with E-state index >= 15 is 0 Å². The molecule has 2 aromatic carbocycles. The summed E-state index contributed by atoms with van der Waals surface area (Å²) in [6, 6.07) is 13.1. The molecule has 0 aliphatic heterocycles. The molecular weight excluding hydrogens is 382 g/mol. The van der Waals surface area contributed by atoms with Crippen LogP contribution in [0.4, 0.5) is 5.69 Å². The Morgan fingerprint density at radius 2 is 1.50 bits per heavy atom. The van der Waals surface area contributed by atoms with Crippen molar-refractivity contribution < 1.29 is 19.1 Å². The van der Waals surface area contributed by atoms with Gasteiger partial charge in [0.25, 0.3) is 5.91 Å². The molecular formula is C23H29N3O4. The molecule has 0 saturated heterocycles. The third-order valence-corrected chi connectivity index (χ3v) is 4.53. The average Bonchev–Trinajstić information content (AvgIpc) is 2.72. The van der Waals surface area contributed by atoms with Crippen molar-refractivity contribution in [3.63, 3.8) is 0 Å². The number of hydrogen-bond acceptors (Lipinski definition) is 4.